The maximum Gasteiger partial charge on any atom is 0.261 e. The summed E-state index contributed by atoms with van der Waals surface area (Å²) in [5.41, 5.74) is -0.812. The average molecular weight is 205 g/mol. The van der Waals surface area contributed by atoms with Crippen LogP contribution in [0.1, 0.15) is 20.7 Å². The summed E-state index contributed by atoms with van der Waals surface area (Å²) in [5.74, 6) is -1.35. The first-order valence-electron chi connectivity index (χ1n) is 3.88. The van der Waals surface area contributed by atoms with E-state index in [0.717, 1.165) is 0 Å². The highest BCUT2D eigenvalue weighted by molar-refractivity contribution is 6.24. The summed E-state index contributed by atoms with van der Waals surface area (Å²) < 4.78 is 0. The zero-order chi connectivity index (χ0) is 11.0. The number of imide groups is 1. The Bertz CT molecular complexity index is 509. The molecule has 0 atom stereocenters. The molecule has 1 N–H and O–H groups in total. The van der Waals surface area contributed by atoms with Crippen molar-refractivity contribution in [2.24, 2.45) is 10.4 Å². The number of amides is 2. The molecular weight excluding hydrogens is 202 g/mol. The van der Waals surface area contributed by atoms with E-state index in [9.17, 15) is 19.4 Å². The summed E-state index contributed by atoms with van der Waals surface area (Å²) >= 11 is 0. The van der Waals surface area contributed by atoms with Crippen molar-refractivity contribution >= 4 is 23.2 Å². The molecule has 0 aromatic heterocycles. The number of carbonyl (C=O) groups excluding carboxylic acids is 2. The van der Waals surface area contributed by atoms with Crippen molar-refractivity contribution in [1.29, 1.82) is 0 Å². The average Bonchev–Trinajstić information content (AvgIpc) is 2.53. The Balaban J connectivity index is 2.81. The van der Waals surface area contributed by atoms with Gasteiger partial charge in [-0.25, -0.2) is 0 Å². The summed E-state index contributed by atoms with van der Waals surface area (Å²) in [7, 11) is 0. The molecule has 74 valence electrons. The van der Waals surface area contributed by atoms with Gasteiger partial charge in [-0.2, -0.15) is 0 Å². The van der Waals surface area contributed by atoms with Gasteiger partial charge in [-0.15, -0.1) is 9.81 Å². The van der Waals surface area contributed by atoms with Crippen molar-refractivity contribution in [2.45, 2.75) is 0 Å². The van der Waals surface area contributed by atoms with Gasteiger partial charge in [0.2, 0.25) is 0 Å². The molecule has 7 heteroatoms. The van der Waals surface area contributed by atoms with Crippen LogP contribution < -0.4 is 5.32 Å². The molecule has 2 amide bonds. The van der Waals surface area contributed by atoms with Crippen molar-refractivity contribution in [1.82, 2.24) is 5.32 Å². The first-order valence-corrected chi connectivity index (χ1v) is 3.88. The molecule has 0 aliphatic carbocycles. The zero-order valence-electron chi connectivity index (χ0n) is 7.18. The summed E-state index contributed by atoms with van der Waals surface area (Å²) in [6, 6.07) is 2.42. The lowest BCUT2D eigenvalue weighted by atomic mass is 10.1. The molecular formula is C8H3N3O4. The van der Waals surface area contributed by atoms with E-state index in [4.69, 9.17) is 0 Å². The van der Waals surface area contributed by atoms with Crippen molar-refractivity contribution < 1.29 is 9.59 Å². The number of rotatable bonds is 2. The Morgan fingerprint density at radius 3 is 2.33 bits per heavy atom. The van der Waals surface area contributed by atoms with Crippen LogP contribution in [0.5, 0.6) is 0 Å². The third-order valence-electron chi connectivity index (χ3n) is 2.05. The fraction of sp³-hybridized carbons (Fsp3) is 0. The zero-order valence-corrected chi connectivity index (χ0v) is 7.18. The molecule has 1 aromatic carbocycles. The molecule has 0 fully saturated rings. The second kappa shape index (κ2) is 3.05. The lowest BCUT2D eigenvalue weighted by Crippen LogP contribution is -2.19. The van der Waals surface area contributed by atoms with Crippen LogP contribution in [0, 0.1) is 9.81 Å². The first kappa shape index (κ1) is 9.13. The molecule has 0 unspecified atom stereocenters. The number of nitrogens with zero attached hydrogens (tertiary/aromatic N) is 2. The molecule has 0 radical (unpaired) electrons. The molecule has 2 rings (SSSR count). The summed E-state index contributed by atoms with van der Waals surface area (Å²) in [6.07, 6.45) is 0. The highest BCUT2D eigenvalue weighted by Crippen LogP contribution is 2.35. The van der Waals surface area contributed by atoms with Crippen molar-refractivity contribution in [3.63, 3.8) is 0 Å². The SMILES string of the molecule is O=Nc1ccc2c(c1N=O)C(=O)NC2=O. The number of nitrogens with one attached hydrogen (secondary N) is 1. The van der Waals surface area contributed by atoms with E-state index in [1.165, 1.54) is 12.1 Å². The molecule has 1 aliphatic heterocycles. The second-order valence-corrected chi connectivity index (χ2v) is 2.82. The van der Waals surface area contributed by atoms with E-state index in [2.05, 4.69) is 10.4 Å². The fourth-order valence-electron chi connectivity index (χ4n) is 1.40. The molecule has 15 heavy (non-hydrogen) atoms. The number of carbonyl (C=O) groups is 2. The van der Waals surface area contributed by atoms with Crippen LogP contribution in [0.15, 0.2) is 22.5 Å². The second-order valence-electron chi connectivity index (χ2n) is 2.82. The Labute approximate surface area is 82.4 Å². The van der Waals surface area contributed by atoms with Crippen LogP contribution in [-0.2, 0) is 0 Å². The third kappa shape index (κ3) is 1.13. The molecule has 0 bridgehead atoms. The van der Waals surface area contributed by atoms with Gasteiger partial charge in [0.25, 0.3) is 11.8 Å². The largest absolute Gasteiger partial charge is 0.288 e. The van der Waals surface area contributed by atoms with Gasteiger partial charge in [0.05, 0.1) is 11.1 Å². The third-order valence-corrected chi connectivity index (χ3v) is 2.05. The van der Waals surface area contributed by atoms with E-state index >= 15 is 0 Å². The Morgan fingerprint density at radius 1 is 1.00 bits per heavy atom. The van der Waals surface area contributed by atoms with Crippen LogP contribution in [0.3, 0.4) is 0 Å². The van der Waals surface area contributed by atoms with Gasteiger partial charge in [0.1, 0.15) is 5.69 Å². The van der Waals surface area contributed by atoms with Gasteiger partial charge < -0.3 is 0 Å². The normalized spacial score (nSPS) is 13.3. The molecule has 7 nitrogen and oxygen atoms in total. The summed E-state index contributed by atoms with van der Waals surface area (Å²) in [4.78, 5) is 43.2. The van der Waals surface area contributed by atoms with Crippen LogP contribution in [0.2, 0.25) is 0 Å². The van der Waals surface area contributed by atoms with Gasteiger partial charge in [-0.1, -0.05) is 0 Å². The van der Waals surface area contributed by atoms with Crippen molar-refractivity contribution in [3.05, 3.63) is 33.1 Å². The smallest absolute Gasteiger partial charge is 0.261 e. The van der Waals surface area contributed by atoms with Crippen molar-refractivity contribution in [2.75, 3.05) is 0 Å². The van der Waals surface area contributed by atoms with E-state index in [1.54, 1.807) is 0 Å². The maximum absolute atomic E-state index is 11.2. The maximum atomic E-state index is 11.2. The number of fused-ring (bicyclic) bond motifs is 1. The minimum absolute atomic E-state index is 0.0296. The van der Waals surface area contributed by atoms with E-state index < -0.39 is 17.5 Å². The number of hydrogen-bond donors (Lipinski definition) is 1. The Kier molecular flexibility index (Phi) is 1.86. The predicted molar refractivity (Wildman–Crippen MR) is 49.1 cm³/mol. The minimum atomic E-state index is -0.741. The van der Waals surface area contributed by atoms with Crippen LogP contribution in [0.25, 0.3) is 0 Å². The van der Waals surface area contributed by atoms with Crippen molar-refractivity contribution in [3.8, 4) is 0 Å². The van der Waals surface area contributed by atoms with Gasteiger partial charge >= 0.3 is 0 Å². The number of benzene rings is 1. The van der Waals surface area contributed by atoms with E-state index in [-0.39, 0.29) is 16.8 Å². The highest BCUT2D eigenvalue weighted by Gasteiger charge is 2.31. The Hall–Kier alpha value is -2.44. The molecule has 1 aromatic rings. The van der Waals surface area contributed by atoms with Gasteiger partial charge in [0, 0.05) is 0 Å². The van der Waals surface area contributed by atoms with Gasteiger partial charge in [0.15, 0.2) is 5.69 Å². The highest BCUT2D eigenvalue weighted by atomic mass is 16.3. The van der Waals surface area contributed by atoms with Crippen LogP contribution in [0.4, 0.5) is 11.4 Å². The Morgan fingerprint density at radius 2 is 1.73 bits per heavy atom. The monoisotopic (exact) mass is 205 g/mol. The van der Waals surface area contributed by atoms with Crippen LogP contribution >= 0.6 is 0 Å². The minimum Gasteiger partial charge on any atom is -0.288 e. The summed E-state index contributed by atoms with van der Waals surface area (Å²) in [6.45, 7) is 0. The van der Waals surface area contributed by atoms with Gasteiger partial charge in [-0.05, 0) is 22.5 Å². The standard InChI is InChI=1S/C8H3N3O4/c12-7-3-1-2-4(10-14)6(11-15)5(3)8(13)9-7/h1-2H,(H,9,12,13). The van der Waals surface area contributed by atoms with Gasteiger partial charge in [-0.3, -0.25) is 14.9 Å². The topological polar surface area (TPSA) is 105 Å². The first-order chi connectivity index (χ1) is 7.19. The van der Waals surface area contributed by atoms with Crippen LogP contribution in [-0.4, -0.2) is 11.8 Å². The lowest BCUT2D eigenvalue weighted by molar-refractivity contribution is 0.0880. The predicted octanol–water partition coefficient (Wildman–Crippen LogP) is 1.37. The number of hydrogen-bond acceptors (Lipinski definition) is 6. The fourth-order valence-corrected chi connectivity index (χ4v) is 1.40. The van der Waals surface area contributed by atoms with E-state index in [0.29, 0.717) is 0 Å². The summed E-state index contributed by atoms with van der Waals surface area (Å²) in [5, 5.41) is 7.07. The molecule has 0 saturated heterocycles. The van der Waals surface area contributed by atoms with E-state index in [1.807, 2.05) is 5.32 Å². The lowest BCUT2D eigenvalue weighted by Gasteiger charge is -1.98. The number of nitroso groups, excluding NO2 is 2. The quantitative estimate of drug-likeness (QED) is 0.581. The molecule has 1 heterocycles. The molecule has 0 spiro atoms. The molecule has 0 saturated carbocycles. The molecule has 1 aliphatic rings.